The maximum atomic E-state index is 12.2. The number of amides is 1. The Kier molecular flexibility index (Phi) is 5.76. The Labute approximate surface area is 139 Å². The molecule has 1 N–H and O–H groups in total. The molecular formula is C16H18ClN3O3. The maximum absolute atomic E-state index is 12.2. The lowest BCUT2D eigenvalue weighted by molar-refractivity contribution is -0.147. The maximum Gasteiger partial charge on any atom is 0.333 e. The van der Waals surface area contributed by atoms with Crippen LogP contribution in [0.25, 0.3) is 0 Å². The molecule has 0 aliphatic heterocycles. The van der Waals surface area contributed by atoms with Gasteiger partial charge in [-0.1, -0.05) is 23.7 Å². The summed E-state index contributed by atoms with van der Waals surface area (Å²) >= 11 is 5.86. The van der Waals surface area contributed by atoms with Gasteiger partial charge in [-0.3, -0.25) is 9.48 Å². The molecule has 0 unspecified atom stereocenters. The molecule has 0 radical (unpaired) electrons. The Morgan fingerprint density at radius 2 is 2.04 bits per heavy atom. The highest BCUT2D eigenvalue weighted by Crippen LogP contribution is 2.18. The summed E-state index contributed by atoms with van der Waals surface area (Å²) in [5, 5.41) is 7.27. The van der Waals surface area contributed by atoms with Gasteiger partial charge < -0.3 is 10.1 Å². The van der Waals surface area contributed by atoms with Crippen molar-refractivity contribution in [2.45, 2.75) is 19.4 Å². The lowest BCUT2D eigenvalue weighted by atomic mass is 10.1. The van der Waals surface area contributed by atoms with Crippen molar-refractivity contribution < 1.29 is 14.3 Å². The highest BCUT2D eigenvalue weighted by atomic mass is 35.5. The molecule has 0 saturated heterocycles. The molecule has 7 heteroatoms. The standard InChI is InChI=1S/C16H18ClN3O3/c1-3-23-16(22)15(12-4-6-13(17)7-5-12)19-14(21)8-11-9-18-20(2)10-11/h4-7,9-10,15H,3,8H2,1-2H3,(H,19,21)/t15-/m0/s1. The molecule has 2 aromatic rings. The van der Waals surface area contributed by atoms with Crippen molar-refractivity contribution in [1.29, 1.82) is 0 Å². The monoisotopic (exact) mass is 335 g/mol. The summed E-state index contributed by atoms with van der Waals surface area (Å²) in [5.74, 6) is -0.791. The Morgan fingerprint density at radius 1 is 1.35 bits per heavy atom. The van der Waals surface area contributed by atoms with Crippen LogP contribution in [0.1, 0.15) is 24.1 Å². The van der Waals surface area contributed by atoms with Crippen molar-refractivity contribution >= 4 is 23.5 Å². The number of ether oxygens (including phenoxy) is 1. The molecule has 2 rings (SSSR count). The van der Waals surface area contributed by atoms with E-state index in [0.717, 1.165) is 5.56 Å². The first-order chi connectivity index (χ1) is 11.0. The third-order valence-electron chi connectivity index (χ3n) is 3.15. The van der Waals surface area contributed by atoms with E-state index in [0.29, 0.717) is 10.6 Å². The van der Waals surface area contributed by atoms with Gasteiger partial charge in [-0.2, -0.15) is 5.10 Å². The fourth-order valence-electron chi connectivity index (χ4n) is 2.12. The topological polar surface area (TPSA) is 73.2 Å². The minimum Gasteiger partial charge on any atom is -0.464 e. The number of aryl methyl sites for hydroxylation is 1. The molecule has 0 aliphatic carbocycles. The Hall–Kier alpha value is -2.34. The van der Waals surface area contributed by atoms with Crippen molar-refractivity contribution in [3.05, 3.63) is 52.8 Å². The van der Waals surface area contributed by atoms with E-state index in [2.05, 4.69) is 10.4 Å². The van der Waals surface area contributed by atoms with Gasteiger partial charge in [0.2, 0.25) is 5.91 Å². The van der Waals surface area contributed by atoms with E-state index in [1.807, 2.05) is 0 Å². The quantitative estimate of drug-likeness (QED) is 0.820. The highest BCUT2D eigenvalue weighted by molar-refractivity contribution is 6.30. The van der Waals surface area contributed by atoms with Crippen molar-refractivity contribution in [2.24, 2.45) is 7.05 Å². The van der Waals surface area contributed by atoms with E-state index >= 15 is 0 Å². The second-order valence-corrected chi connectivity index (χ2v) is 5.44. The molecule has 23 heavy (non-hydrogen) atoms. The Morgan fingerprint density at radius 3 is 2.61 bits per heavy atom. The number of carbonyl (C=O) groups excluding carboxylic acids is 2. The van der Waals surface area contributed by atoms with Crippen molar-refractivity contribution in [3.8, 4) is 0 Å². The predicted molar refractivity (Wildman–Crippen MR) is 85.9 cm³/mol. The van der Waals surface area contributed by atoms with Gasteiger partial charge in [-0.15, -0.1) is 0 Å². The van der Waals surface area contributed by atoms with E-state index in [4.69, 9.17) is 16.3 Å². The van der Waals surface area contributed by atoms with Crippen LogP contribution >= 0.6 is 11.6 Å². The van der Waals surface area contributed by atoms with Crippen LogP contribution in [0.3, 0.4) is 0 Å². The number of hydrogen-bond donors (Lipinski definition) is 1. The molecule has 0 bridgehead atoms. The zero-order valence-corrected chi connectivity index (χ0v) is 13.7. The predicted octanol–water partition coefficient (Wildman–Crippen LogP) is 2.04. The molecule has 0 fully saturated rings. The van der Waals surface area contributed by atoms with Gasteiger partial charge >= 0.3 is 5.97 Å². The number of nitrogens with zero attached hydrogens (tertiary/aromatic N) is 2. The van der Waals surface area contributed by atoms with Crippen molar-refractivity contribution in [1.82, 2.24) is 15.1 Å². The van der Waals surface area contributed by atoms with Gasteiger partial charge in [0.1, 0.15) is 0 Å². The average molecular weight is 336 g/mol. The molecule has 1 atom stereocenters. The normalized spacial score (nSPS) is 11.8. The molecule has 6 nitrogen and oxygen atoms in total. The molecule has 1 amide bonds. The average Bonchev–Trinajstić information content (AvgIpc) is 2.91. The van der Waals surface area contributed by atoms with Gasteiger partial charge in [0.05, 0.1) is 19.2 Å². The minimum atomic E-state index is -0.864. The summed E-state index contributed by atoms with van der Waals surface area (Å²) in [4.78, 5) is 24.3. The largest absolute Gasteiger partial charge is 0.464 e. The number of halogens is 1. The first-order valence-electron chi connectivity index (χ1n) is 7.18. The lowest BCUT2D eigenvalue weighted by Gasteiger charge is -2.17. The Balaban J connectivity index is 2.12. The molecule has 0 spiro atoms. The van der Waals surface area contributed by atoms with Crippen LogP contribution in [0.2, 0.25) is 5.02 Å². The molecule has 122 valence electrons. The van der Waals surface area contributed by atoms with E-state index in [-0.39, 0.29) is 18.9 Å². The first kappa shape index (κ1) is 17.0. The first-order valence-corrected chi connectivity index (χ1v) is 7.56. The number of esters is 1. The van der Waals surface area contributed by atoms with E-state index in [9.17, 15) is 9.59 Å². The zero-order chi connectivity index (χ0) is 16.8. The highest BCUT2D eigenvalue weighted by Gasteiger charge is 2.24. The minimum absolute atomic E-state index is 0.136. The van der Waals surface area contributed by atoms with Gasteiger partial charge in [-0.05, 0) is 30.2 Å². The van der Waals surface area contributed by atoms with Crippen LogP contribution in [0, 0.1) is 0 Å². The number of benzene rings is 1. The Bertz CT molecular complexity index is 682. The van der Waals surface area contributed by atoms with Crippen LogP contribution < -0.4 is 5.32 Å². The second-order valence-electron chi connectivity index (χ2n) is 5.00. The summed E-state index contributed by atoms with van der Waals surface area (Å²) in [6.07, 6.45) is 3.50. The van der Waals surface area contributed by atoms with Crippen molar-refractivity contribution in [2.75, 3.05) is 6.61 Å². The third kappa shape index (κ3) is 4.82. The van der Waals surface area contributed by atoms with Gasteiger partial charge in [0.25, 0.3) is 0 Å². The molecule has 1 aromatic heterocycles. The van der Waals surface area contributed by atoms with Gasteiger partial charge in [0.15, 0.2) is 6.04 Å². The number of aromatic nitrogens is 2. The van der Waals surface area contributed by atoms with Gasteiger partial charge in [-0.25, -0.2) is 4.79 Å². The molecule has 1 heterocycles. The summed E-state index contributed by atoms with van der Waals surface area (Å²) in [5.41, 5.74) is 1.39. The summed E-state index contributed by atoms with van der Waals surface area (Å²) in [6, 6.07) is 5.84. The summed E-state index contributed by atoms with van der Waals surface area (Å²) < 4.78 is 6.66. The van der Waals surface area contributed by atoms with Crippen LogP contribution in [0.4, 0.5) is 0 Å². The fraction of sp³-hybridized carbons (Fsp3) is 0.312. The summed E-state index contributed by atoms with van der Waals surface area (Å²) in [6.45, 7) is 1.95. The van der Waals surface area contributed by atoms with E-state index < -0.39 is 12.0 Å². The molecule has 1 aromatic carbocycles. The SMILES string of the molecule is CCOC(=O)[C@@H](NC(=O)Cc1cnn(C)c1)c1ccc(Cl)cc1. The zero-order valence-electron chi connectivity index (χ0n) is 13.0. The third-order valence-corrected chi connectivity index (χ3v) is 3.41. The van der Waals surface area contributed by atoms with Gasteiger partial charge in [0, 0.05) is 18.3 Å². The fourth-order valence-corrected chi connectivity index (χ4v) is 2.25. The van der Waals surface area contributed by atoms with Crippen LogP contribution in [-0.2, 0) is 27.8 Å². The van der Waals surface area contributed by atoms with Crippen LogP contribution in [-0.4, -0.2) is 28.3 Å². The molecular weight excluding hydrogens is 318 g/mol. The smallest absolute Gasteiger partial charge is 0.333 e. The number of nitrogens with one attached hydrogen (secondary N) is 1. The molecule has 0 saturated carbocycles. The van der Waals surface area contributed by atoms with Crippen molar-refractivity contribution in [3.63, 3.8) is 0 Å². The van der Waals surface area contributed by atoms with E-state index in [1.54, 1.807) is 55.3 Å². The second kappa shape index (κ2) is 7.78. The van der Waals surface area contributed by atoms with E-state index in [1.165, 1.54) is 0 Å². The lowest BCUT2D eigenvalue weighted by Crippen LogP contribution is -2.35. The molecule has 0 aliphatic rings. The van der Waals surface area contributed by atoms with Crippen LogP contribution in [0.5, 0.6) is 0 Å². The number of hydrogen-bond acceptors (Lipinski definition) is 4. The number of carbonyl (C=O) groups is 2. The number of rotatable bonds is 6. The summed E-state index contributed by atoms with van der Waals surface area (Å²) in [7, 11) is 1.77. The van der Waals surface area contributed by atoms with Crippen LogP contribution in [0.15, 0.2) is 36.7 Å².